The molecule has 156 valence electrons. The lowest BCUT2D eigenvalue weighted by Gasteiger charge is -2.27. The van der Waals surface area contributed by atoms with Crippen LogP contribution in [0.15, 0.2) is 53.5 Å². The first-order valence-corrected chi connectivity index (χ1v) is 9.79. The Labute approximate surface area is 174 Å². The Balaban J connectivity index is 1.70. The molecule has 9 heteroatoms. The van der Waals surface area contributed by atoms with Gasteiger partial charge >= 0.3 is 0 Å². The van der Waals surface area contributed by atoms with Crippen molar-refractivity contribution in [2.75, 3.05) is 44.4 Å². The molecule has 4 rings (SSSR count). The monoisotopic (exact) mass is 409 g/mol. The van der Waals surface area contributed by atoms with Crippen LogP contribution >= 0.6 is 0 Å². The Morgan fingerprint density at radius 2 is 2.07 bits per heavy atom. The second kappa shape index (κ2) is 9.47. The molecule has 1 aliphatic rings. The minimum absolute atomic E-state index is 0.164. The molecule has 0 saturated carbocycles. The quantitative estimate of drug-likeness (QED) is 0.627. The number of ether oxygens (including phenoxy) is 1. The van der Waals surface area contributed by atoms with Gasteiger partial charge in [-0.1, -0.05) is 0 Å². The van der Waals surface area contributed by atoms with E-state index in [4.69, 9.17) is 14.1 Å². The molecule has 4 heterocycles. The number of aliphatic hydroxyl groups excluding tert-OH is 1. The van der Waals surface area contributed by atoms with Crippen LogP contribution in [0.2, 0.25) is 0 Å². The fourth-order valence-electron chi connectivity index (χ4n) is 3.30. The van der Waals surface area contributed by atoms with E-state index in [-0.39, 0.29) is 25.6 Å². The Kier molecular flexibility index (Phi) is 6.31. The Bertz CT molecular complexity index is 959. The molecule has 1 amide bonds. The van der Waals surface area contributed by atoms with Crippen molar-refractivity contribution in [2.24, 2.45) is 0 Å². The summed E-state index contributed by atoms with van der Waals surface area (Å²) in [5, 5.41) is 9.48. The van der Waals surface area contributed by atoms with Crippen molar-refractivity contribution in [3.63, 3.8) is 0 Å². The fraction of sp³-hybridized carbons (Fsp3) is 0.333. The molecule has 0 atom stereocenters. The number of aliphatic hydroxyl groups is 1. The van der Waals surface area contributed by atoms with E-state index in [1.54, 1.807) is 43.1 Å². The molecule has 0 bridgehead atoms. The van der Waals surface area contributed by atoms with Crippen molar-refractivity contribution in [3.05, 3.63) is 60.4 Å². The number of furan rings is 1. The highest BCUT2D eigenvalue weighted by Crippen LogP contribution is 2.25. The predicted molar refractivity (Wildman–Crippen MR) is 109 cm³/mol. The third kappa shape index (κ3) is 4.47. The largest absolute Gasteiger partial charge is 0.467 e. The van der Waals surface area contributed by atoms with Gasteiger partial charge in [0.2, 0.25) is 5.95 Å². The summed E-state index contributed by atoms with van der Waals surface area (Å²) in [5.74, 6) is 0.895. The first-order valence-electron chi connectivity index (χ1n) is 9.79. The summed E-state index contributed by atoms with van der Waals surface area (Å²) < 4.78 is 10.8. The van der Waals surface area contributed by atoms with Gasteiger partial charge in [0.05, 0.1) is 43.9 Å². The average molecular weight is 409 g/mol. The number of morpholine rings is 1. The van der Waals surface area contributed by atoms with Crippen LogP contribution in [0.4, 0.5) is 5.95 Å². The zero-order chi connectivity index (χ0) is 20.8. The second-order valence-electron chi connectivity index (χ2n) is 6.80. The van der Waals surface area contributed by atoms with Gasteiger partial charge in [-0.05, 0) is 24.3 Å². The molecule has 0 radical (unpaired) electrons. The number of rotatable bonds is 7. The normalized spacial score (nSPS) is 14.0. The van der Waals surface area contributed by atoms with Gasteiger partial charge in [-0.25, -0.2) is 9.97 Å². The van der Waals surface area contributed by atoms with Crippen LogP contribution in [0.3, 0.4) is 0 Å². The van der Waals surface area contributed by atoms with E-state index in [0.717, 1.165) is 5.56 Å². The minimum atomic E-state index is -0.284. The molecular weight excluding hydrogens is 386 g/mol. The van der Waals surface area contributed by atoms with Gasteiger partial charge in [-0.15, -0.1) is 0 Å². The predicted octanol–water partition coefficient (Wildman–Crippen LogP) is 1.60. The van der Waals surface area contributed by atoms with Crippen LogP contribution in [0.1, 0.15) is 16.1 Å². The number of anilines is 1. The van der Waals surface area contributed by atoms with Gasteiger partial charge < -0.3 is 24.1 Å². The lowest BCUT2D eigenvalue weighted by molar-refractivity contribution is 0.0694. The van der Waals surface area contributed by atoms with E-state index in [2.05, 4.69) is 9.97 Å². The highest BCUT2D eigenvalue weighted by molar-refractivity contribution is 5.99. The molecule has 3 aromatic rings. The lowest BCUT2D eigenvalue weighted by atomic mass is 10.1. The van der Waals surface area contributed by atoms with E-state index in [0.29, 0.717) is 49.3 Å². The van der Waals surface area contributed by atoms with Gasteiger partial charge in [0, 0.05) is 43.8 Å². The van der Waals surface area contributed by atoms with Gasteiger partial charge in [0.15, 0.2) is 0 Å². The molecule has 1 saturated heterocycles. The van der Waals surface area contributed by atoms with E-state index in [1.807, 2.05) is 11.0 Å². The van der Waals surface area contributed by atoms with Crippen molar-refractivity contribution in [1.29, 1.82) is 0 Å². The maximum atomic E-state index is 13.4. The highest BCUT2D eigenvalue weighted by atomic mass is 16.5. The smallest absolute Gasteiger partial charge is 0.258 e. The summed E-state index contributed by atoms with van der Waals surface area (Å²) in [7, 11) is 0. The van der Waals surface area contributed by atoms with Crippen LogP contribution in [-0.2, 0) is 11.3 Å². The number of pyridine rings is 1. The van der Waals surface area contributed by atoms with E-state index in [1.165, 1.54) is 4.90 Å². The number of hydrogen-bond acceptors (Lipinski definition) is 8. The first-order chi connectivity index (χ1) is 14.8. The van der Waals surface area contributed by atoms with Crippen LogP contribution < -0.4 is 4.90 Å². The molecule has 0 aromatic carbocycles. The summed E-state index contributed by atoms with van der Waals surface area (Å²) in [5.41, 5.74) is 1.58. The highest BCUT2D eigenvalue weighted by Gasteiger charge is 2.24. The lowest BCUT2D eigenvalue weighted by Crippen LogP contribution is -2.38. The number of nitrogens with zero attached hydrogens (tertiary/aromatic N) is 5. The molecule has 3 aromatic heterocycles. The summed E-state index contributed by atoms with van der Waals surface area (Å²) >= 11 is 0. The second-order valence-corrected chi connectivity index (χ2v) is 6.80. The van der Waals surface area contributed by atoms with Crippen molar-refractivity contribution in [3.8, 4) is 11.3 Å². The molecule has 0 spiro atoms. The van der Waals surface area contributed by atoms with Gasteiger partial charge in [-0.3, -0.25) is 9.78 Å². The van der Waals surface area contributed by atoms with Crippen LogP contribution in [0, 0.1) is 0 Å². The third-order valence-electron chi connectivity index (χ3n) is 4.82. The van der Waals surface area contributed by atoms with Crippen LogP contribution in [0.25, 0.3) is 11.3 Å². The zero-order valence-electron chi connectivity index (χ0n) is 16.5. The SMILES string of the molecule is O=C(c1cnc(N2CCOCC2)nc1-c1cccnc1)N(CCO)Cc1ccco1. The van der Waals surface area contributed by atoms with Gasteiger partial charge in [0.25, 0.3) is 5.91 Å². The van der Waals surface area contributed by atoms with Gasteiger partial charge in [-0.2, -0.15) is 0 Å². The Morgan fingerprint density at radius 3 is 2.77 bits per heavy atom. The standard InChI is InChI=1S/C21H23N5O4/c27-9-6-26(15-17-4-2-10-30-17)20(28)18-14-23-21(25-7-11-29-12-8-25)24-19(18)16-3-1-5-22-13-16/h1-5,10,13-14,27H,6-9,11-12,15H2. The Morgan fingerprint density at radius 1 is 1.20 bits per heavy atom. The molecular formula is C21H23N5O4. The third-order valence-corrected chi connectivity index (χ3v) is 4.82. The van der Waals surface area contributed by atoms with E-state index in [9.17, 15) is 9.90 Å². The first kappa shape index (κ1) is 20.0. The topological polar surface area (TPSA) is 105 Å². The summed E-state index contributed by atoms with van der Waals surface area (Å²) in [6.45, 7) is 2.84. The number of amides is 1. The van der Waals surface area contributed by atoms with Crippen LogP contribution in [-0.4, -0.2) is 70.3 Å². The summed E-state index contributed by atoms with van der Waals surface area (Å²) in [6, 6.07) is 7.21. The Hall–Kier alpha value is -3.30. The van der Waals surface area contributed by atoms with Gasteiger partial charge in [0.1, 0.15) is 5.76 Å². The van der Waals surface area contributed by atoms with Crippen LogP contribution in [0.5, 0.6) is 0 Å². The maximum Gasteiger partial charge on any atom is 0.258 e. The maximum absolute atomic E-state index is 13.4. The summed E-state index contributed by atoms with van der Waals surface area (Å²) in [4.78, 5) is 30.3. The number of aromatic nitrogens is 3. The summed E-state index contributed by atoms with van der Waals surface area (Å²) in [6.07, 6.45) is 6.45. The molecule has 1 fully saturated rings. The van der Waals surface area contributed by atoms with Crippen molar-refractivity contribution in [1.82, 2.24) is 19.9 Å². The fourth-order valence-corrected chi connectivity index (χ4v) is 3.30. The number of hydrogen-bond donors (Lipinski definition) is 1. The van der Waals surface area contributed by atoms with E-state index < -0.39 is 0 Å². The van der Waals surface area contributed by atoms with Crippen molar-refractivity contribution in [2.45, 2.75) is 6.54 Å². The van der Waals surface area contributed by atoms with Crippen molar-refractivity contribution < 1.29 is 19.1 Å². The molecule has 1 aliphatic heterocycles. The molecule has 30 heavy (non-hydrogen) atoms. The van der Waals surface area contributed by atoms with Crippen molar-refractivity contribution >= 4 is 11.9 Å². The van der Waals surface area contributed by atoms with E-state index >= 15 is 0 Å². The molecule has 1 N–H and O–H groups in total. The minimum Gasteiger partial charge on any atom is -0.467 e. The zero-order valence-corrected chi connectivity index (χ0v) is 16.5. The number of carbonyl (C=O) groups excluding carboxylic acids is 1. The molecule has 0 aliphatic carbocycles. The molecule has 9 nitrogen and oxygen atoms in total. The average Bonchev–Trinajstić information content (AvgIpc) is 3.32. The molecule has 0 unspecified atom stereocenters. The number of carbonyl (C=O) groups is 1.